The van der Waals surface area contributed by atoms with Gasteiger partial charge in [-0.1, -0.05) is 30.3 Å². The summed E-state index contributed by atoms with van der Waals surface area (Å²) < 4.78 is 24.4. The minimum absolute atomic E-state index is 0.0721. The molecule has 0 atom stereocenters. The van der Waals surface area contributed by atoms with Crippen LogP contribution in [0.3, 0.4) is 0 Å². The zero-order chi connectivity index (χ0) is 14.4. The average Bonchev–Trinajstić information content (AvgIpc) is 2.46. The number of ether oxygens (including phenoxy) is 2. The van der Waals surface area contributed by atoms with Crippen LogP contribution in [-0.2, 0) is 13.0 Å². The molecule has 0 aliphatic heterocycles. The molecule has 0 saturated carbocycles. The van der Waals surface area contributed by atoms with E-state index in [9.17, 15) is 4.39 Å². The summed E-state index contributed by atoms with van der Waals surface area (Å²) in [6, 6.07) is 14.1. The molecular formula is C16H14FNO2. The first-order chi connectivity index (χ1) is 9.74. The molecule has 2 aromatic carbocycles. The highest BCUT2D eigenvalue weighted by molar-refractivity contribution is 5.48. The second-order valence-corrected chi connectivity index (χ2v) is 4.21. The Bertz CT molecular complexity index is 620. The largest absolute Gasteiger partial charge is 0.493 e. The van der Waals surface area contributed by atoms with Crippen molar-refractivity contribution < 1.29 is 13.9 Å². The van der Waals surface area contributed by atoms with Crippen LogP contribution < -0.4 is 9.47 Å². The highest BCUT2D eigenvalue weighted by atomic mass is 19.1. The summed E-state index contributed by atoms with van der Waals surface area (Å²) >= 11 is 0. The van der Waals surface area contributed by atoms with Crippen LogP contribution in [0, 0.1) is 17.1 Å². The smallest absolute Gasteiger partial charge is 0.165 e. The first kappa shape index (κ1) is 13.9. The van der Waals surface area contributed by atoms with Gasteiger partial charge in [0.15, 0.2) is 11.5 Å². The van der Waals surface area contributed by atoms with Gasteiger partial charge >= 0.3 is 0 Å². The van der Waals surface area contributed by atoms with Crippen LogP contribution >= 0.6 is 0 Å². The van der Waals surface area contributed by atoms with Gasteiger partial charge in [-0.2, -0.15) is 5.26 Å². The number of benzene rings is 2. The van der Waals surface area contributed by atoms with Crippen LogP contribution in [0.2, 0.25) is 0 Å². The fraction of sp³-hybridized carbons (Fsp3) is 0.188. The Morgan fingerprint density at radius 1 is 1.20 bits per heavy atom. The highest BCUT2D eigenvalue weighted by Crippen LogP contribution is 2.33. The third-order valence-corrected chi connectivity index (χ3v) is 2.81. The molecule has 0 spiro atoms. The first-order valence-corrected chi connectivity index (χ1v) is 6.14. The minimum Gasteiger partial charge on any atom is -0.493 e. The van der Waals surface area contributed by atoms with Crippen LogP contribution in [0.4, 0.5) is 4.39 Å². The molecule has 0 bridgehead atoms. The predicted molar refractivity (Wildman–Crippen MR) is 73.0 cm³/mol. The Morgan fingerprint density at radius 3 is 2.60 bits per heavy atom. The number of nitrogens with zero attached hydrogens (tertiary/aromatic N) is 1. The summed E-state index contributed by atoms with van der Waals surface area (Å²) in [6.45, 7) is 0.312. The number of halogens is 1. The average molecular weight is 271 g/mol. The zero-order valence-corrected chi connectivity index (χ0v) is 11.1. The number of hydrogen-bond donors (Lipinski definition) is 0. The molecule has 2 aromatic rings. The Morgan fingerprint density at radius 2 is 1.95 bits per heavy atom. The van der Waals surface area contributed by atoms with E-state index in [0.29, 0.717) is 23.7 Å². The molecule has 0 unspecified atom stereocenters. The lowest BCUT2D eigenvalue weighted by molar-refractivity contribution is 0.281. The van der Waals surface area contributed by atoms with Crippen molar-refractivity contribution in [1.82, 2.24) is 0 Å². The maximum Gasteiger partial charge on any atom is 0.165 e. The topological polar surface area (TPSA) is 42.2 Å². The SMILES string of the molecule is COc1c(CC#N)cc(F)cc1OCc1ccccc1. The molecule has 3 nitrogen and oxygen atoms in total. The van der Waals surface area contributed by atoms with Gasteiger partial charge in [0.2, 0.25) is 0 Å². The monoisotopic (exact) mass is 271 g/mol. The van der Waals surface area contributed by atoms with E-state index in [1.54, 1.807) is 0 Å². The van der Waals surface area contributed by atoms with Crippen LogP contribution in [0.1, 0.15) is 11.1 Å². The van der Waals surface area contributed by atoms with Crippen molar-refractivity contribution in [2.24, 2.45) is 0 Å². The van der Waals surface area contributed by atoms with E-state index >= 15 is 0 Å². The lowest BCUT2D eigenvalue weighted by Gasteiger charge is -2.13. The molecule has 0 aromatic heterocycles. The second-order valence-electron chi connectivity index (χ2n) is 4.21. The van der Waals surface area contributed by atoms with Crippen LogP contribution in [0.25, 0.3) is 0 Å². The van der Waals surface area contributed by atoms with E-state index in [4.69, 9.17) is 14.7 Å². The third-order valence-electron chi connectivity index (χ3n) is 2.81. The Balaban J connectivity index is 2.24. The van der Waals surface area contributed by atoms with E-state index in [0.717, 1.165) is 5.56 Å². The van der Waals surface area contributed by atoms with Gasteiger partial charge in [0, 0.05) is 11.6 Å². The van der Waals surface area contributed by atoms with Gasteiger partial charge in [-0.3, -0.25) is 0 Å². The summed E-state index contributed by atoms with van der Waals surface area (Å²) in [5, 5.41) is 8.76. The number of rotatable bonds is 5. The lowest BCUT2D eigenvalue weighted by Crippen LogP contribution is -2.01. The molecule has 0 aliphatic rings. The summed E-state index contributed by atoms with van der Waals surface area (Å²) in [4.78, 5) is 0. The van der Waals surface area contributed by atoms with Gasteiger partial charge in [0.1, 0.15) is 12.4 Å². The van der Waals surface area contributed by atoms with E-state index in [-0.39, 0.29) is 6.42 Å². The zero-order valence-electron chi connectivity index (χ0n) is 11.1. The molecule has 2 rings (SSSR count). The quantitative estimate of drug-likeness (QED) is 0.836. The van der Waals surface area contributed by atoms with Crippen LogP contribution in [0.5, 0.6) is 11.5 Å². The molecule has 0 fully saturated rings. The summed E-state index contributed by atoms with van der Waals surface area (Å²) in [5.74, 6) is 0.268. The van der Waals surface area contributed by atoms with E-state index in [1.807, 2.05) is 36.4 Å². The van der Waals surface area contributed by atoms with E-state index in [1.165, 1.54) is 19.2 Å². The van der Waals surface area contributed by atoms with Crippen molar-refractivity contribution in [3.05, 3.63) is 59.4 Å². The summed E-state index contributed by atoms with van der Waals surface area (Å²) in [6.07, 6.45) is 0.0721. The standard InChI is InChI=1S/C16H14FNO2/c1-19-16-13(7-8-18)9-14(17)10-15(16)20-11-12-5-3-2-4-6-12/h2-6,9-10H,7,11H2,1H3. The number of methoxy groups -OCH3 is 1. The number of nitriles is 1. The molecule has 4 heteroatoms. The summed E-state index contributed by atoms with van der Waals surface area (Å²) in [7, 11) is 1.48. The molecule has 0 heterocycles. The normalized spacial score (nSPS) is 9.85. The molecule has 0 radical (unpaired) electrons. The maximum atomic E-state index is 13.5. The van der Waals surface area contributed by atoms with Gasteiger partial charge in [-0.15, -0.1) is 0 Å². The van der Waals surface area contributed by atoms with Crippen LogP contribution in [0.15, 0.2) is 42.5 Å². The Labute approximate surface area is 117 Å². The van der Waals surface area contributed by atoms with Gasteiger partial charge in [0.25, 0.3) is 0 Å². The minimum atomic E-state index is -0.445. The Kier molecular flexibility index (Phi) is 4.56. The maximum absolute atomic E-state index is 13.5. The lowest BCUT2D eigenvalue weighted by atomic mass is 10.1. The predicted octanol–water partition coefficient (Wildman–Crippen LogP) is 3.48. The van der Waals surface area contributed by atoms with Gasteiger partial charge < -0.3 is 9.47 Å². The highest BCUT2D eigenvalue weighted by Gasteiger charge is 2.13. The van der Waals surface area contributed by atoms with E-state index in [2.05, 4.69) is 0 Å². The van der Waals surface area contributed by atoms with Gasteiger partial charge in [-0.05, 0) is 11.6 Å². The van der Waals surface area contributed by atoms with Crippen molar-refractivity contribution >= 4 is 0 Å². The van der Waals surface area contributed by atoms with Crippen molar-refractivity contribution in [3.63, 3.8) is 0 Å². The fourth-order valence-electron chi connectivity index (χ4n) is 1.91. The second kappa shape index (κ2) is 6.58. The molecule has 0 saturated heterocycles. The summed E-state index contributed by atoms with van der Waals surface area (Å²) in [5.41, 5.74) is 1.46. The van der Waals surface area contributed by atoms with Crippen molar-refractivity contribution in [2.45, 2.75) is 13.0 Å². The molecule has 0 N–H and O–H groups in total. The van der Waals surface area contributed by atoms with Crippen molar-refractivity contribution in [3.8, 4) is 17.6 Å². The van der Waals surface area contributed by atoms with E-state index < -0.39 is 5.82 Å². The van der Waals surface area contributed by atoms with Crippen molar-refractivity contribution in [1.29, 1.82) is 5.26 Å². The van der Waals surface area contributed by atoms with Crippen molar-refractivity contribution in [2.75, 3.05) is 7.11 Å². The van der Waals surface area contributed by atoms with Gasteiger partial charge in [0.05, 0.1) is 19.6 Å². The number of hydrogen-bond acceptors (Lipinski definition) is 3. The third kappa shape index (κ3) is 3.27. The Hall–Kier alpha value is -2.54. The molecule has 0 aliphatic carbocycles. The first-order valence-electron chi connectivity index (χ1n) is 6.14. The van der Waals surface area contributed by atoms with Crippen LogP contribution in [-0.4, -0.2) is 7.11 Å². The fourth-order valence-corrected chi connectivity index (χ4v) is 1.91. The molecule has 102 valence electrons. The van der Waals surface area contributed by atoms with Gasteiger partial charge in [-0.25, -0.2) is 4.39 Å². The molecule has 20 heavy (non-hydrogen) atoms. The molecular weight excluding hydrogens is 257 g/mol. The molecule has 0 amide bonds.